The molecule has 4 atom stereocenters. The fourth-order valence-corrected chi connectivity index (χ4v) is 5.21. The maximum atomic E-state index is 10.6. The molecule has 2 fully saturated rings. The first kappa shape index (κ1) is 19.2. The molecule has 1 N–H and O–H groups in total. The van der Waals surface area contributed by atoms with Gasteiger partial charge in [0.15, 0.2) is 8.32 Å². The van der Waals surface area contributed by atoms with Gasteiger partial charge in [0.05, 0.1) is 11.7 Å². The van der Waals surface area contributed by atoms with Crippen LogP contribution in [-0.4, -0.2) is 43.1 Å². The van der Waals surface area contributed by atoms with E-state index in [4.69, 9.17) is 26.1 Å². The van der Waals surface area contributed by atoms with Gasteiger partial charge in [-0.25, -0.2) is 0 Å². The second-order valence-corrected chi connectivity index (χ2v) is 14.4. The van der Waals surface area contributed by atoms with Crippen molar-refractivity contribution >= 4 is 25.8 Å². The highest BCUT2D eigenvalue weighted by Gasteiger charge is 2.64. The van der Waals surface area contributed by atoms with Crippen LogP contribution < -0.4 is 0 Å². The molecule has 23 heavy (non-hydrogen) atoms. The summed E-state index contributed by atoms with van der Waals surface area (Å²) in [4.78, 5) is 0. The molecule has 1 aliphatic heterocycles. The van der Waals surface area contributed by atoms with Crippen LogP contribution in [0.4, 0.5) is 0 Å². The molecule has 0 unspecified atom stereocenters. The van der Waals surface area contributed by atoms with Crippen LogP contribution in [0.25, 0.3) is 0 Å². The Hall–Kier alpha value is -0.173. The van der Waals surface area contributed by atoms with Gasteiger partial charge in [-0.05, 0) is 38.4 Å². The zero-order valence-electron chi connectivity index (χ0n) is 15.7. The summed E-state index contributed by atoms with van der Waals surface area (Å²) in [6, 6.07) is 0. The quantitative estimate of drug-likeness (QED) is 0.609. The van der Waals surface area contributed by atoms with Crippen LogP contribution in [0.1, 0.15) is 48.0 Å². The van der Waals surface area contributed by atoms with Gasteiger partial charge in [0.2, 0.25) is 0 Å². The third-order valence-corrected chi connectivity index (χ3v) is 11.0. The number of hydrogen-bond donors (Lipinski definition) is 1. The minimum absolute atomic E-state index is 0.0642. The van der Waals surface area contributed by atoms with E-state index < -0.39 is 13.9 Å². The third kappa shape index (κ3) is 3.32. The lowest BCUT2D eigenvalue weighted by Crippen LogP contribution is -2.67. The van der Waals surface area contributed by atoms with Gasteiger partial charge in [0, 0.05) is 23.6 Å². The zero-order chi connectivity index (χ0) is 17.8. The molecule has 134 valence electrons. The molecule has 1 aliphatic carbocycles. The smallest absolute Gasteiger partial charge is 0.352 e. The molecule has 1 saturated carbocycles. The van der Waals surface area contributed by atoms with Gasteiger partial charge >= 0.3 is 5.24 Å². The van der Waals surface area contributed by atoms with Crippen molar-refractivity contribution in [1.29, 1.82) is 0 Å². The van der Waals surface area contributed by atoms with Crippen LogP contribution >= 0.6 is 12.2 Å². The van der Waals surface area contributed by atoms with Crippen LogP contribution in [0.15, 0.2) is 0 Å². The number of ether oxygens (including phenoxy) is 2. The first-order valence-corrected chi connectivity index (χ1v) is 11.7. The second-order valence-electron chi connectivity index (χ2n) is 9.34. The molecular formula is C17H32O4SSi. The van der Waals surface area contributed by atoms with E-state index in [1.807, 2.05) is 13.8 Å². The Morgan fingerprint density at radius 2 is 1.83 bits per heavy atom. The van der Waals surface area contributed by atoms with Gasteiger partial charge in [-0.3, -0.25) is 0 Å². The van der Waals surface area contributed by atoms with Crippen molar-refractivity contribution in [2.75, 3.05) is 6.61 Å². The standard InChI is InChI=1S/C17H32O4SSi/c1-15(2,3)23(7,8)21-12-9-11(16(4,5)18)17(12,6)13-10-19-14(22)20-13/h11-13,18H,9-10H2,1-8H3/t11-,12+,13-,17+/m1/s1. The average molecular weight is 361 g/mol. The minimum atomic E-state index is -1.89. The van der Waals surface area contributed by atoms with E-state index in [2.05, 4.69) is 40.8 Å². The van der Waals surface area contributed by atoms with E-state index in [1.54, 1.807) is 0 Å². The van der Waals surface area contributed by atoms with Gasteiger partial charge in [-0.15, -0.1) is 0 Å². The maximum absolute atomic E-state index is 10.6. The number of thiocarbonyl (C=S) groups is 1. The third-order valence-electron chi connectivity index (χ3n) is 6.28. The van der Waals surface area contributed by atoms with Gasteiger partial charge in [0.25, 0.3) is 0 Å². The molecule has 0 spiro atoms. The molecule has 0 amide bonds. The highest BCUT2D eigenvalue weighted by atomic mass is 32.1. The van der Waals surface area contributed by atoms with Crippen LogP contribution in [0.2, 0.25) is 18.1 Å². The number of hydrogen-bond acceptors (Lipinski definition) is 5. The molecule has 1 heterocycles. The summed E-state index contributed by atoms with van der Waals surface area (Å²) in [6.45, 7) is 17.6. The topological polar surface area (TPSA) is 47.9 Å². The zero-order valence-corrected chi connectivity index (χ0v) is 17.5. The molecule has 0 aromatic rings. The monoisotopic (exact) mass is 360 g/mol. The summed E-state index contributed by atoms with van der Waals surface area (Å²) in [5, 5.41) is 11.0. The molecule has 0 aromatic heterocycles. The summed E-state index contributed by atoms with van der Waals surface area (Å²) >= 11 is 5.04. The highest BCUT2D eigenvalue weighted by molar-refractivity contribution is 7.79. The van der Waals surface area contributed by atoms with Crippen molar-refractivity contribution in [3.8, 4) is 0 Å². The number of rotatable bonds is 4. The predicted molar refractivity (Wildman–Crippen MR) is 98.0 cm³/mol. The number of aliphatic hydroxyl groups is 1. The van der Waals surface area contributed by atoms with Crippen molar-refractivity contribution in [1.82, 2.24) is 0 Å². The summed E-state index contributed by atoms with van der Waals surface area (Å²) in [5.41, 5.74) is -1.08. The van der Waals surface area contributed by atoms with Gasteiger partial charge in [0.1, 0.15) is 12.7 Å². The molecule has 2 aliphatic rings. The fourth-order valence-electron chi connectivity index (χ4n) is 3.61. The van der Waals surface area contributed by atoms with Gasteiger partial charge in [-0.1, -0.05) is 27.7 Å². The first-order chi connectivity index (χ1) is 10.2. The Morgan fingerprint density at radius 3 is 2.22 bits per heavy atom. The van der Waals surface area contributed by atoms with E-state index in [1.165, 1.54) is 0 Å². The molecule has 2 rings (SSSR count). The Kier molecular flexibility index (Phi) is 4.73. The summed E-state index contributed by atoms with van der Waals surface area (Å²) in [6.07, 6.45) is 0.753. The van der Waals surface area contributed by atoms with Crippen molar-refractivity contribution in [2.45, 2.75) is 83.9 Å². The van der Waals surface area contributed by atoms with E-state index >= 15 is 0 Å². The molecule has 0 aromatic carbocycles. The lowest BCUT2D eigenvalue weighted by Gasteiger charge is -2.61. The summed E-state index contributed by atoms with van der Waals surface area (Å²) < 4.78 is 17.8. The fraction of sp³-hybridized carbons (Fsp3) is 0.941. The Balaban J connectivity index is 2.25. The summed E-state index contributed by atoms with van der Waals surface area (Å²) in [7, 11) is -1.89. The van der Waals surface area contributed by atoms with Crippen LogP contribution in [-0.2, 0) is 13.9 Å². The SMILES string of the molecule is CC(C)(O)[C@H]1C[C@H](O[Si](C)(C)C(C)(C)C)[C@@]1(C)[C@H]1COC(=S)O1. The van der Waals surface area contributed by atoms with E-state index in [-0.39, 0.29) is 33.8 Å². The van der Waals surface area contributed by atoms with Crippen LogP contribution in [0.5, 0.6) is 0 Å². The molecule has 1 saturated heterocycles. The Bertz CT molecular complexity index is 480. The predicted octanol–water partition coefficient (Wildman–Crippen LogP) is 3.87. The van der Waals surface area contributed by atoms with E-state index in [0.29, 0.717) is 6.61 Å². The van der Waals surface area contributed by atoms with Crippen molar-refractivity contribution in [2.24, 2.45) is 11.3 Å². The van der Waals surface area contributed by atoms with Crippen LogP contribution in [0.3, 0.4) is 0 Å². The normalized spacial score (nSPS) is 35.5. The largest absolute Gasteiger partial charge is 0.453 e. The molecule has 0 radical (unpaired) electrons. The first-order valence-electron chi connectivity index (χ1n) is 8.43. The lowest BCUT2D eigenvalue weighted by molar-refractivity contribution is -0.212. The highest BCUT2D eigenvalue weighted by Crippen LogP contribution is 2.58. The van der Waals surface area contributed by atoms with E-state index in [9.17, 15) is 5.11 Å². The minimum Gasteiger partial charge on any atom is -0.453 e. The molecule has 6 heteroatoms. The average Bonchev–Trinajstić information content (AvgIpc) is 2.77. The van der Waals surface area contributed by atoms with Gasteiger partial charge in [-0.2, -0.15) is 0 Å². The van der Waals surface area contributed by atoms with Crippen molar-refractivity contribution < 1.29 is 19.0 Å². The maximum Gasteiger partial charge on any atom is 0.352 e. The van der Waals surface area contributed by atoms with E-state index in [0.717, 1.165) is 6.42 Å². The summed E-state index contributed by atoms with van der Waals surface area (Å²) in [5.74, 6) is 0.0965. The van der Waals surface area contributed by atoms with Crippen molar-refractivity contribution in [3.63, 3.8) is 0 Å². The lowest BCUT2D eigenvalue weighted by atomic mass is 9.51. The Labute approximate surface area is 147 Å². The van der Waals surface area contributed by atoms with Gasteiger partial charge < -0.3 is 19.0 Å². The van der Waals surface area contributed by atoms with Crippen molar-refractivity contribution in [3.05, 3.63) is 0 Å². The Morgan fingerprint density at radius 1 is 1.26 bits per heavy atom. The second kappa shape index (κ2) is 5.68. The molecule has 4 nitrogen and oxygen atoms in total. The molecular weight excluding hydrogens is 328 g/mol. The van der Waals surface area contributed by atoms with Crippen LogP contribution in [0, 0.1) is 11.3 Å². The molecule has 0 bridgehead atoms.